The quantitative estimate of drug-likeness (QED) is 0.250. The molecule has 0 unspecified atom stereocenters. The molecule has 0 aliphatic carbocycles. The summed E-state index contributed by atoms with van der Waals surface area (Å²) in [4.78, 5) is 24.6. The van der Waals surface area contributed by atoms with E-state index in [2.05, 4.69) is 0 Å². The van der Waals surface area contributed by atoms with E-state index >= 15 is 0 Å². The fraction of sp³-hybridized carbons (Fsp3) is 0.0938. The number of hydrogen-bond donors (Lipinski definition) is 1. The summed E-state index contributed by atoms with van der Waals surface area (Å²) in [6.07, 6.45) is 0.617. The third kappa shape index (κ3) is 5.83. The predicted octanol–water partition coefficient (Wildman–Crippen LogP) is 5.63. The smallest absolute Gasteiger partial charge is 0.224 e. The lowest BCUT2D eigenvalue weighted by Gasteiger charge is -2.25. The van der Waals surface area contributed by atoms with Crippen LogP contribution >= 0.6 is 0 Å². The SMILES string of the molecule is NOCc1cc(=O)c(OC(c2ccccc2)c2ccccc2)cn1OC(c1ccccc1)c1ccccc1. The molecule has 0 amide bonds. The van der Waals surface area contributed by atoms with Crippen molar-refractivity contribution in [2.45, 2.75) is 18.8 Å². The highest BCUT2D eigenvalue weighted by Crippen LogP contribution is 2.28. The zero-order valence-electron chi connectivity index (χ0n) is 20.7. The number of pyridine rings is 1. The van der Waals surface area contributed by atoms with Crippen molar-refractivity contribution < 1.29 is 14.4 Å². The Labute approximate surface area is 221 Å². The molecule has 0 aliphatic heterocycles. The lowest BCUT2D eigenvalue weighted by Crippen LogP contribution is -2.26. The van der Waals surface area contributed by atoms with Gasteiger partial charge in [0.1, 0.15) is 12.7 Å². The van der Waals surface area contributed by atoms with Crippen molar-refractivity contribution in [1.29, 1.82) is 0 Å². The molecule has 1 aromatic heterocycles. The molecule has 0 bridgehead atoms. The second-order valence-electron chi connectivity index (χ2n) is 8.76. The van der Waals surface area contributed by atoms with Gasteiger partial charge in [0.05, 0.1) is 11.9 Å². The lowest BCUT2D eigenvalue weighted by atomic mass is 10.0. The van der Waals surface area contributed by atoms with Gasteiger partial charge in [-0.05, 0) is 22.3 Å². The van der Waals surface area contributed by atoms with E-state index in [1.54, 1.807) is 6.20 Å². The molecule has 0 fully saturated rings. The van der Waals surface area contributed by atoms with E-state index in [0.717, 1.165) is 22.3 Å². The maximum absolute atomic E-state index is 13.2. The third-order valence-electron chi connectivity index (χ3n) is 6.16. The van der Waals surface area contributed by atoms with Crippen LogP contribution in [0.1, 0.15) is 40.2 Å². The van der Waals surface area contributed by atoms with Gasteiger partial charge in [-0.2, -0.15) is 4.73 Å². The van der Waals surface area contributed by atoms with Crippen molar-refractivity contribution in [3.8, 4) is 5.75 Å². The van der Waals surface area contributed by atoms with Gasteiger partial charge in [0.25, 0.3) is 0 Å². The highest BCUT2D eigenvalue weighted by Gasteiger charge is 2.21. The number of nitrogens with two attached hydrogens (primary N) is 1. The first-order valence-electron chi connectivity index (χ1n) is 12.3. The summed E-state index contributed by atoms with van der Waals surface area (Å²) in [5.74, 6) is 5.54. The zero-order valence-corrected chi connectivity index (χ0v) is 20.7. The van der Waals surface area contributed by atoms with Gasteiger partial charge in [-0.3, -0.25) is 9.63 Å². The van der Waals surface area contributed by atoms with E-state index in [0.29, 0.717) is 5.69 Å². The molecule has 6 nitrogen and oxygen atoms in total. The molecule has 0 aliphatic rings. The van der Waals surface area contributed by atoms with Crippen LogP contribution in [0.5, 0.6) is 5.75 Å². The number of hydrogen-bond acceptors (Lipinski definition) is 5. The van der Waals surface area contributed by atoms with Crippen molar-refractivity contribution in [2.75, 3.05) is 0 Å². The van der Waals surface area contributed by atoms with E-state index in [4.69, 9.17) is 20.3 Å². The molecule has 38 heavy (non-hydrogen) atoms. The van der Waals surface area contributed by atoms with Crippen LogP contribution < -0.4 is 20.9 Å². The Kier molecular flexibility index (Phi) is 7.94. The number of rotatable bonds is 10. The Bertz CT molecular complexity index is 1410. The van der Waals surface area contributed by atoms with Crippen molar-refractivity contribution in [3.63, 3.8) is 0 Å². The lowest BCUT2D eigenvalue weighted by molar-refractivity contribution is 0.0331. The number of aromatic nitrogens is 1. The van der Waals surface area contributed by atoms with Crippen molar-refractivity contribution in [2.24, 2.45) is 5.90 Å². The molecule has 1 heterocycles. The molecule has 0 saturated heterocycles. The molecule has 5 aromatic rings. The normalized spacial score (nSPS) is 11.0. The summed E-state index contributed by atoms with van der Waals surface area (Å²) < 4.78 is 7.91. The average molecular weight is 505 g/mol. The van der Waals surface area contributed by atoms with Crippen molar-refractivity contribution >= 4 is 0 Å². The molecule has 0 spiro atoms. The standard InChI is InChI=1S/C32H28N2O4/c33-36-23-28-21-29(35)30(37-31(24-13-5-1-6-14-24)25-15-7-2-8-16-25)22-34(28)38-32(26-17-9-3-10-18-26)27-19-11-4-12-20-27/h1-22,31-32H,23,33H2. The highest BCUT2D eigenvalue weighted by molar-refractivity contribution is 5.34. The Morgan fingerprint density at radius 2 is 1.05 bits per heavy atom. The fourth-order valence-corrected chi connectivity index (χ4v) is 4.31. The monoisotopic (exact) mass is 504 g/mol. The minimum Gasteiger partial charge on any atom is -0.475 e. The van der Waals surface area contributed by atoms with E-state index in [-0.39, 0.29) is 17.8 Å². The molecular weight excluding hydrogens is 476 g/mol. The summed E-state index contributed by atoms with van der Waals surface area (Å²) >= 11 is 0. The zero-order chi connectivity index (χ0) is 26.2. The largest absolute Gasteiger partial charge is 0.475 e. The molecule has 190 valence electrons. The topological polar surface area (TPSA) is 75.7 Å². The van der Waals surface area contributed by atoms with Crippen LogP contribution in [-0.4, -0.2) is 4.73 Å². The Morgan fingerprint density at radius 1 is 0.632 bits per heavy atom. The number of nitrogens with zero attached hydrogens (tertiary/aromatic N) is 1. The average Bonchev–Trinajstić information content (AvgIpc) is 2.98. The van der Waals surface area contributed by atoms with E-state index in [1.165, 1.54) is 10.8 Å². The van der Waals surface area contributed by atoms with E-state index in [9.17, 15) is 4.79 Å². The minimum absolute atomic E-state index is 0.0212. The van der Waals surface area contributed by atoms with Gasteiger partial charge in [-0.1, -0.05) is 121 Å². The first kappa shape index (κ1) is 25.0. The van der Waals surface area contributed by atoms with Crippen LogP contribution in [0.25, 0.3) is 0 Å². The van der Waals surface area contributed by atoms with Gasteiger partial charge in [0, 0.05) is 6.07 Å². The maximum Gasteiger partial charge on any atom is 0.224 e. The molecule has 4 aromatic carbocycles. The molecule has 0 atom stereocenters. The number of benzene rings is 4. The van der Waals surface area contributed by atoms with Crippen LogP contribution in [0.4, 0.5) is 0 Å². The summed E-state index contributed by atoms with van der Waals surface area (Å²) in [6.45, 7) is -0.0212. The summed E-state index contributed by atoms with van der Waals surface area (Å²) in [5, 5.41) is 0. The van der Waals surface area contributed by atoms with Gasteiger partial charge in [0.15, 0.2) is 11.9 Å². The van der Waals surface area contributed by atoms with Gasteiger partial charge in [-0.25, -0.2) is 5.90 Å². The third-order valence-corrected chi connectivity index (χ3v) is 6.16. The van der Waals surface area contributed by atoms with E-state index in [1.807, 2.05) is 121 Å². The predicted molar refractivity (Wildman–Crippen MR) is 146 cm³/mol. The van der Waals surface area contributed by atoms with Gasteiger partial charge in [-0.15, -0.1) is 0 Å². The summed E-state index contributed by atoms with van der Waals surface area (Å²) in [5.41, 5.74) is 3.90. The molecule has 6 heteroatoms. The molecular formula is C32H28N2O4. The molecule has 5 rings (SSSR count). The maximum atomic E-state index is 13.2. The van der Waals surface area contributed by atoms with Crippen molar-refractivity contribution in [3.05, 3.63) is 172 Å². The molecule has 0 saturated carbocycles. The van der Waals surface area contributed by atoms with Gasteiger partial charge >= 0.3 is 0 Å². The fourth-order valence-electron chi connectivity index (χ4n) is 4.31. The summed E-state index contributed by atoms with van der Waals surface area (Å²) in [6, 6.07) is 40.8. The molecule has 0 radical (unpaired) electrons. The van der Waals surface area contributed by atoms with Gasteiger partial charge in [0.2, 0.25) is 5.43 Å². The Balaban J connectivity index is 1.56. The first-order valence-corrected chi connectivity index (χ1v) is 12.3. The Hall–Kier alpha value is -4.65. The number of ether oxygens (including phenoxy) is 1. The second-order valence-corrected chi connectivity index (χ2v) is 8.76. The van der Waals surface area contributed by atoms with Gasteiger partial charge < -0.3 is 9.57 Å². The van der Waals surface area contributed by atoms with Crippen LogP contribution in [-0.2, 0) is 11.4 Å². The minimum atomic E-state index is -0.491. The highest BCUT2D eigenvalue weighted by atomic mass is 16.7. The second kappa shape index (κ2) is 12.1. The van der Waals surface area contributed by atoms with Crippen LogP contribution in [0, 0.1) is 0 Å². The van der Waals surface area contributed by atoms with E-state index < -0.39 is 12.2 Å². The summed E-state index contributed by atoms with van der Waals surface area (Å²) in [7, 11) is 0. The molecule has 2 N–H and O–H groups in total. The van der Waals surface area contributed by atoms with Crippen LogP contribution in [0.15, 0.2) is 138 Å². The van der Waals surface area contributed by atoms with Crippen LogP contribution in [0.3, 0.4) is 0 Å². The first-order chi connectivity index (χ1) is 18.7. The Morgan fingerprint density at radius 3 is 1.47 bits per heavy atom. The van der Waals surface area contributed by atoms with Crippen LogP contribution in [0.2, 0.25) is 0 Å². The van der Waals surface area contributed by atoms with Crippen molar-refractivity contribution in [1.82, 2.24) is 4.73 Å².